The third-order valence-corrected chi connectivity index (χ3v) is 3.68. The highest BCUT2D eigenvalue weighted by molar-refractivity contribution is 9.10. The van der Waals surface area contributed by atoms with Crippen LogP contribution in [0.3, 0.4) is 0 Å². The summed E-state index contributed by atoms with van der Waals surface area (Å²) in [5, 5.41) is 9.50. The van der Waals surface area contributed by atoms with Crippen molar-refractivity contribution in [3.8, 4) is 6.07 Å². The van der Waals surface area contributed by atoms with Crippen molar-refractivity contribution in [2.75, 3.05) is 18.0 Å². The molecule has 16 heavy (non-hydrogen) atoms. The maximum absolute atomic E-state index is 8.84. The molecule has 0 atom stereocenters. The minimum Gasteiger partial charge on any atom is -0.369 e. The van der Waals surface area contributed by atoms with Crippen molar-refractivity contribution < 1.29 is 0 Å². The molecule has 0 N–H and O–H groups in total. The van der Waals surface area contributed by atoms with Crippen LogP contribution in [-0.2, 0) is 0 Å². The van der Waals surface area contributed by atoms with Gasteiger partial charge in [0.1, 0.15) is 0 Å². The van der Waals surface area contributed by atoms with E-state index in [2.05, 4.69) is 31.9 Å². The molecule has 0 spiro atoms. The van der Waals surface area contributed by atoms with Crippen molar-refractivity contribution in [1.29, 1.82) is 5.26 Å². The molecule has 1 aliphatic heterocycles. The van der Waals surface area contributed by atoms with E-state index in [4.69, 9.17) is 16.9 Å². The van der Waals surface area contributed by atoms with E-state index in [1.165, 1.54) is 0 Å². The molecule has 5 heteroatoms. The lowest BCUT2D eigenvalue weighted by Gasteiger charge is -2.32. The summed E-state index contributed by atoms with van der Waals surface area (Å²) in [6.07, 6.45) is 5.21. The third-order valence-electron chi connectivity index (χ3n) is 2.82. The van der Waals surface area contributed by atoms with Crippen LogP contribution in [0.25, 0.3) is 0 Å². The van der Waals surface area contributed by atoms with Crippen LogP contribution < -0.4 is 4.90 Å². The van der Waals surface area contributed by atoms with Gasteiger partial charge in [0.25, 0.3) is 0 Å². The standard InChI is InChI=1S/C11H11BrClN3/c12-9-6-15-7-10(13)11(9)16-3-1-8(5-14)2-4-16/h6-8H,1-4H2. The fourth-order valence-electron chi connectivity index (χ4n) is 1.94. The maximum atomic E-state index is 8.84. The Morgan fingerprint density at radius 2 is 2.12 bits per heavy atom. The fourth-order valence-corrected chi connectivity index (χ4v) is 2.91. The van der Waals surface area contributed by atoms with Gasteiger partial charge in [-0.3, -0.25) is 4.98 Å². The van der Waals surface area contributed by atoms with Crippen molar-refractivity contribution in [2.24, 2.45) is 5.92 Å². The Bertz CT molecular complexity index is 401. The van der Waals surface area contributed by atoms with Crippen molar-refractivity contribution in [3.05, 3.63) is 21.9 Å². The SMILES string of the molecule is N#CC1CCN(c2c(Cl)cncc2Br)CC1. The minimum atomic E-state index is 0.190. The molecule has 1 saturated heterocycles. The van der Waals surface area contributed by atoms with E-state index in [0.717, 1.165) is 36.1 Å². The van der Waals surface area contributed by atoms with Gasteiger partial charge < -0.3 is 4.90 Å². The quantitative estimate of drug-likeness (QED) is 0.799. The highest BCUT2D eigenvalue weighted by Gasteiger charge is 2.22. The zero-order valence-electron chi connectivity index (χ0n) is 8.66. The smallest absolute Gasteiger partial charge is 0.0834 e. The van der Waals surface area contributed by atoms with Gasteiger partial charge in [-0.25, -0.2) is 0 Å². The molecule has 0 aliphatic carbocycles. The summed E-state index contributed by atoms with van der Waals surface area (Å²) in [5.41, 5.74) is 0.994. The number of hydrogen-bond acceptors (Lipinski definition) is 3. The Balaban J connectivity index is 2.18. The van der Waals surface area contributed by atoms with Crippen LogP contribution in [0.5, 0.6) is 0 Å². The first kappa shape index (κ1) is 11.7. The van der Waals surface area contributed by atoms with Crippen molar-refractivity contribution in [2.45, 2.75) is 12.8 Å². The van der Waals surface area contributed by atoms with Crippen molar-refractivity contribution in [1.82, 2.24) is 4.98 Å². The monoisotopic (exact) mass is 299 g/mol. The summed E-state index contributed by atoms with van der Waals surface area (Å²) in [6, 6.07) is 2.32. The summed E-state index contributed by atoms with van der Waals surface area (Å²) in [6.45, 7) is 1.75. The first-order chi connectivity index (χ1) is 7.72. The Labute approximate surface area is 108 Å². The lowest BCUT2D eigenvalue weighted by molar-refractivity contribution is 0.487. The van der Waals surface area contributed by atoms with Crippen molar-refractivity contribution in [3.63, 3.8) is 0 Å². The number of anilines is 1. The van der Waals surface area contributed by atoms with Gasteiger partial charge in [-0.1, -0.05) is 11.6 Å². The van der Waals surface area contributed by atoms with Crippen LogP contribution in [-0.4, -0.2) is 18.1 Å². The number of piperidine rings is 1. The molecule has 2 rings (SSSR count). The predicted octanol–water partition coefficient (Wildman–Crippen LogP) is 3.24. The van der Waals surface area contributed by atoms with Crippen LogP contribution >= 0.6 is 27.5 Å². The van der Waals surface area contributed by atoms with Crippen LogP contribution in [0.1, 0.15) is 12.8 Å². The zero-order valence-corrected chi connectivity index (χ0v) is 11.0. The number of nitriles is 1. The number of hydrogen-bond donors (Lipinski definition) is 0. The second-order valence-corrected chi connectivity index (χ2v) is 5.10. The molecule has 1 fully saturated rings. The van der Waals surface area contributed by atoms with E-state index >= 15 is 0 Å². The molecule has 0 radical (unpaired) electrons. The average Bonchev–Trinajstić information content (AvgIpc) is 2.30. The van der Waals surface area contributed by atoms with Crippen LogP contribution in [0.15, 0.2) is 16.9 Å². The van der Waals surface area contributed by atoms with Gasteiger partial charge in [-0.15, -0.1) is 0 Å². The number of aromatic nitrogens is 1. The summed E-state index contributed by atoms with van der Waals surface area (Å²) in [7, 11) is 0. The molecule has 0 bridgehead atoms. The van der Waals surface area contributed by atoms with E-state index in [1.807, 2.05) is 0 Å². The van der Waals surface area contributed by atoms with E-state index in [0.29, 0.717) is 5.02 Å². The Kier molecular flexibility index (Phi) is 3.67. The molecule has 1 aliphatic rings. The lowest BCUT2D eigenvalue weighted by atomic mass is 9.98. The molecule has 3 nitrogen and oxygen atoms in total. The predicted molar refractivity (Wildman–Crippen MR) is 67.5 cm³/mol. The molecule has 0 amide bonds. The number of nitrogens with zero attached hydrogens (tertiary/aromatic N) is 3. The van der Waals surface area contributed by atoms with Gasteiger partial charge in [0.2, 0.25) is 0 Å². The second-order valence-electron chi connectivity index (χ2n) is 3.84. The summed E-state index contributed by atoms with van der Waals surface area (Å²) in [4.78, 5) is 6.22. The van der Waals surface area contributed by atoms with Gasteiger partial charge >= 0.3 is 0 Å². The third kappa shape index (κ3) is 2.31. The van der Waals surface area contributed by atoms with Crippen LogP contribution in [0.4, 0.5) is 5.69 Å². The molecule has 84 valence electrons. The van der Waals surface area contributed by atoms with Gasteiger partial charge in [-0.2, -0.15) is 5.26 Å². The minimum absolute atomic E-state index is 0.190. The molecule has 0 aromatic carbocycles. The van der Waals surface area contributed by atoms with Gasteiger partial charge in [-0.05, 0) is 28.8 Å². The van der Waals surface area contributed by atoms with E-state index in [1.54, 1.807) is 12.4 Å². The summed E-state index contributed by atoms with van der Waals surface area (Å²) < 4.78 is 0.912. The van der Waals surface area contributed by atoms with Gasteiger partial charge in [0, 0.05) is 31.4 Å². The topological polar surface area (TPSA) is 39.9 Å². The average molecular weight is 301 g/mol. The Morgan fingerprint density at radius 1 is 1.44 bits per heavy atom. The molecule has 0 unspecified atom stereocenters. The fraction of sp³-hybridized carbons (Fsp3) is 0.455. The Morgan fingerprint density at radius 3 is 2.69 bits per heavy atom. The number of pyridine rings is 1. The summed E-state index contributed by atoms with van der Waals surface area (Å²) in [5.74, 6) is 0.190. The van der Waals surface area contributed by atoms with E-state index in [9.17, 15) is 0 Å². The molecule has 1 aromatic rings. The highest BCUT2D eigenvalue weighted by atomic mass is 79.9. The van der Waals surface area contributed by atoms with Crippen LogP contribution in [0.2, 0.25) is 5.02 Å². The lowest BCUT2D eigenvalue weighted by Crippen LogP contribution is -2.33. The van der Waals surface area contributed by atoms with Gasteiger partial charge in [0.05, 0.1) is 21.3 Å². The van der Waals surface area contributed by atoms with Crippen molar-refractivity contribution >= 4 is 33.2 Å². The summed E-state index contributed by atoms with van der Waals surface area (Å²) >= 11 is 9.60. The second kappa shape index (κ2) is 5.03. The van der Waals surface area contributed by atoms with E-state index in [-0.39, 0.29) is 5.92 Å². The molecule has 0 saturated carbocycles. The first-order valence-electron chi connectivity index (χ1n) is 5.16. The Hall–Kier alpha value is -0.790. The number of halogens is 2. The maximum Gasteiger partial charge on any atom is 0.0834 e. The van der Waals surface area contributed by atoms with Crippen LogP contribution in [0, 0.1) is 17.2 Å². The first-order valence-corrected chi connectivity index (χ1v) is 6.33. The highest BCUT2D eigenvalue weighted by Crippen LogP contribution is 2.35. The molecule has 2 heterocycles. The molecule has 1 aromatic heterocycles. The number of rotatable bonds is 1. The van der Waals surface area contributed by atoms with Gasteiger partial charge in [0.15, 0.2) is 0 Å². The van der Waals surface area contributed by atoms with E-state index < -0.39 is 0 Å². The normalized spacial score (nSPS) is 17.2. The molecular weight excluding hydrogens is 289 g/mol. The largest absolute Gasteiger partial charge is 0.369 e. The zero-order chi connectivity index (χ0) is 11.5. The molecular formula is C11H11BrClN3.